The predicted octanol–water partition coefficient (Wildman–Crippen LogP) is 2.06. The summed E-state index contributed by atoms with van der Waals surface area (Å²) in [4.78, 5) is 16.0. The largest absolute Gasteiger partial charge is 0.323 e. The predicted molar refractivity (Wildman–Crippen MR) is 91.7 cm³/mol. The monoisotopic (exact) mass is 349 g/mol. The zero-order valence-corrected chi connectivity index (χ0v) is 14.8. The fourth-order valence-electron chi connectivity index (χ4n) is 4.35. The Morgan fingerprint density at radius 2 is 1.79 bits per heavy atom. The minimum Gasteiger partial charge on any atom is -0.323 e. The van der Waals surface area contributed by atoms with Gasteiger partial charge in [0.1, 0.15) is 0 Å². The quantitative estimate of drug-likeness (QED) is 0.887. The Balaban J connectivity index is 1.64. The van der Waals surface area contributed by atoms with E-state index >= 15 is 0 Å². The van der Waals surface area contributed by atoms with Crippen LogP contribution < -0.4 is 5.32 Å². The second-order valence-electron chi connectivity index (χ2n) is 7.29. The first-order chi connectivity index (χ1) is 11.4. The molecule has 3 aliphatic rings. The Hall–Kier alpha value is -1.60. The van der Waals surface area contributed by atoms with Crippen molar-refractivity contribution in [2.24, 2.45) is 0 Å². The van der Waals surface area contributed by atoms with Crippen LogP contribution in [0, 0.1) is 0 Å². The molecule has 2 saturated heterocycles. The number of rotatable bonds is 2. The van der Waals surface area contributed by atoms with Gasteiger partial charge < -0.3 is 15.1 Å². The number of benzene rings is 1. The van der Waals surface area contributed by atoms with E-state index in [1.165, 1.54) is 0 Å². The van der Waals surface area contributed by atoms with Crippen LogP contribution in [-0.4, -0.2) is 55.7 Å². The Morgan fingerprint density at radius 1 is 1.12 bits per heavy atom. The number of sulfone groups is 1. The van der Waals surface area contributed by atoms with E-state index in [0.717, 1.165) is 31.2 Å². The number of anilines is 1. The average molecular weight is 349 g/mol. The summed E-state index contributed by atoms with van der Waals surface area (Å²) in [5.41, 5.74) is 1.56. The molecular weight excluding hydrogens is 326 g/mol. The maximum Gasteiger partial charge on any atom is 0.321 e. The molecule has 3 heterocycles. The highest BCUT2D eigenvalue weighted by atomic mass is 32.2. The number of carbonyl (C=O) groups is 1. The Labute approximate surface area is 142 Å². The molecule has 1 N–H and O–H groups in total. The minimum atomic E-state index is -3.33. The van der Waals surface area contributed by atoms with Crippen molar-refractivity contribution < 1.29 is 13.2 Å². The topological polar surface area (TPSA) is 69.7 Å². The lowest BCUT2D eigenvalue weighted by Crippen LogP contribution is -2.44. The van der Waals surface area contributed by atoms with E-state index in [1.807, 2.05) is 0 Å². The fraction of sp³-hybridized carbons (Fsp3) is 0.588. The number of urea groups is 1. The highest BCUT2D eigenvalue weighted by molar-refractivity contribution is 7.92. The number of fused-ring (bicyclic) bond motifs is 3. The molecule has 2 bridgehead atoms. The van der Waals surface area contributed by atoms with Gasteiger partial charge in [-0.15, -0.1) is 0 Å². The summed E-state index contributed by atoms with van der Waals surface area (Å²) in [7, 11) is 0.482. The molecular formula is C17H23N3O3S. The van der Waals surface area contributed by atoms with E-state index in [-0.39, 0.29) is 11.3 Å². The lowest BCUT2D eigenvalue weighted by Gasteiger charge is -2.36. The molecule has 0 radical (unpaired) electrons. The van der Waals surface area contributed by atoms with Gasteiger partial charge in [0.15, 0.2) is 9.84 Å². The third-order valence-electron chi connectivity index (χ3n) is 5.89. The average Bonchev–Trinajstić information content (AvgIpc) is 2.75. The van der Waals surface area contributed by atoms with E-state index in [2.05, 4.69) is 17.3 Å². The number of hydrogen-bond acceptors (Lipinski definition) is 4. The van der Waals surface area contributed by atoms with Crippen molar-refractivity contribution >= 4 is 21.6 Å². The first kappa shape index (κ1) is 15.9. The summed E-state index contributed by atoms with van der Waals surface area (Å²) in [6.07, 6.45) is 3.66. The molecule has 1 aromatic carbocycles. The van der Waals surface area contributed by atoms with Crippen molar-refractivity contribution in [3.05, 3.63) is 23.8 Å². The van der Waals surface area contributed by atoms with Gasteiger partial charge in [-0.25, -0.2) is 13.2 Å². The molecule has 3 aliphatic heterocycles. The van der Waals surface area contributed by atoms with E-state index < -0.39 is 9.84 Å². The van der Waals surface area contributed by atoms with E-state index in [4.69, 9.17) is 0 Å². The summed E-state index contributed by atoms with van der Waals surface area (Å²) in [5.74, 6) is 0. The van der Waals surface area contributed by atoms with Crippen LogP contribution in [-0.2, 0) is 16.4 Å². The first-order valence-corrected chi connectivity index (χ1v) is 10.0. The van der Waals surface area contributed by atoms with E-state index in [9.17, 15) is 13.2 Å². The van der Waals surface area contributed by atoms with Gasteiger partial charge >= 0.3 is 6.03 Å². The maximum atomic E-state index is 13.1. The van der Waals surface area contributed by atoms with Crippen LogP contribution in [0.3, 0.4) is 0 Å². The first-order valence-electron chi connectivity index (χ1n) is 8.47. The minimum absolute atomic E-state index is 0.162. The molecule has 4 rings (SSSR count). The number of nitrogens with zero attached hydrogens (tertiary/aromatic N) is 2. The van der Waals surface area contributed by atoms with Crippen LogP contribution >= 0.6 is 0 Å². The lowest BCUT2D eigenvalue weighted by molar-refractivity contribution is 0.180. The molecule has 1 aromatic rings. The second kappa shape index (κ2) is 5.46. The van der Waals surface area contributed by atoms with Crippen LogP contribution in [0.4, 0.5) is 10.5 Å². The molecule has 7 heteroatoms. The normalized spacial score (nSPS) is 30.2. The van der Waals surface area contributed by atoms with Crippen molar-refractivity contribution in [3.63, 3.8) is 0 Å². The van der Waals surface area contributed by atoms with Crippen LogP contribution in [0.2, 0.25) is 0 Å². The van der Waals surface area contributed by atoms with Gasteiger partial charge in [-0.2, -0.15) is 0 Å². The molecule has 0 saturated carbocycles. The zero-order chi connectivity index (χ0) is 17.1. The number of piperidine rings is 1. The van der Waals surface area contributed by atoms with E-state index in [0.29, 0.717) is 29.2 Å². The summed E-state index contributed by atoms with van der Waals surface area (Å²) in [6.45, 7) is 0.434. The third kappa shape index (κ3) is 2.41. The number of hydrogen-bond donors (Lipinski definition) is 1. The van der Waals surface area contributed by atoms with Crippen molar-refractivity contribution in [3.8, 4) is 0 Å². The highest BCUT2D eigenvalue weighted by Gasteiger charge is 2.43. The number of amides is 2. The lowest BCUT2D eigenvalue weighted by atomic mass is 10.0. The Morgan fingerprint density at radius 3 is 2.46 bits per heavy atom. The van der Waals surface area contributed by atoms with Crippen LogP contribution in [0.15, 0.2) is 23.1 Å². The number of nitrogens with one attached hydrogen (secondary N) is 1. The molecule has 6 nitrogen and oxygen atoms in total. The van der Waals surface area contributed by atoms with E-state index in [1.54, 1.807) is 30.1 Å². The second-order valence-corrected chi connectivity index (χ2v) is 9.52. The van der Waals surface area contributed by atoms with Crippen LogP contribution in [0.25, 0.3) is 0 Å². The standard InChI is InChI=1S/C17H23N3O3S/c1-19-10-11-7-14(5-6-16(11)18-17(19)21)24(22,23)15-8-12-3-4-13(9-15)20(12)2/h5-7,12-13,15H,3-4,8-10H2,1-2H3,(H,18,21)/t12-,13+,15?. The molecule has 0 aromatic heterocycles. The van der Waals surface area contributed by atoms with Crippen molar-refractivity contribution in [2.45, 2.75) is 54.5 Å². The SMILES string of the molecule is CN1Cc2cc(S(=O)(=O)C3C[C@H]4CC[C@@H](C3)N4C)ccc2NC1=O. The maximum absolute atomic E-state index is 13.1. The molecule has 0 spiro atoms. The third-order valence-corrected chi connectivity index (χ3v) is 8.07. The van der Waals surface area contributed by atoms with Crippen LogP contribution in [0.1, 0.15) is 31.2 Å². The van der Waals surface area contributed by atoms with Gasteiger partial charge in [0.05, 0.1) is 10.1 Å². The molecule has 2 fully saturated rings. The number of carbonyl (C=O) groups excluding carboxylic acids is 1. The van der Waals surface area contributed by atoms with Crippen molar-refractivity contribution in [1.82, 2.24) is 9.80 Å². The van der Waals surface area contributed by atoms with Crippen molar-refractivity contribution in [1.29, 1.82) is 0 Å². The summed E-state index contributed by atoms with van der Waals surface area (Å²) < 4.78 is 26.2. The molecule has 3 atom stereocenters. The van der Waals surface area contributed by atoms with Crippen LogP contribution in [0.5, 0.6) is 0 Å². The smallest absolute Gasteiger partial charge is 0.321 e. The summed E-state index contributed by atoms with van der Waals surface area (Å²) in [6, 6.07) is 5.72. The molecule has 0 aliphatic carbocycles. The summed E-state index contributed by atoms with van der Waals surface area (Å²) >= 11 is 0. The van der Waals surface area contributed by atoms with Gasteiger partial charge in [-0.3, -0.25) is 0 Å². The molecule has 130 valence electrons. The van der Waals surface area contributed by atoms with Gasteiger partial charge in [0, 0.05) is 31.4 Å². The van der Waals surface area contributed by atoms with Gasteiger partial charge in [-0.1, -0.05) is 0 Å². The highest BCUT2D eigenvalue weighted by Crippen LogP contribution is 2.39. The van der Waals surface area contributed by atoms with Gasteiger partial charge in [0.25, 0.3) is 0 Å². The molecule has 2 amide bonds. The zero-order valence-electron chi connectivity index (χ0n) is 14.0. The van der Waals surface area contributed by atoms with Crippen molar-refractivity contribution in [2.75, 3.05) is 19.4 Å². The summed E-state index contributed by atoms with van der Waals surface area (Å²) in [5, 5.41) is 2.49. The molecule has 1 unspecified atom stereocenters. The van der Waals surface area contributed by atoms with Gasteiger partial charge in [0.2, 0.25) is 0 Å². The Bertz CT molecular complexity index is 778. The molecule has 24 heavy (non-hydrogen) atoms. The Kier molecular flexibility index (Phi) is 3.61. The fourth-order valence-corrected chi connectivity index (χ4v) is 6.25. The van der Waals surface area contributed by atoms with Gasteiger partial charge in [-0.05, 0) is 56.5 Å².